The first-order chi connectivity index (χ1) is 20.6. The number of benzene rings is 2. The van der Waals surface area contributed by atoms with E-state index in [-0.39, 0.29) is 29.3 Å². The molecule has 8 nitrogen and oxygen atoms in total. The molecule has 6 rings (SSSR count). The lowest BCUT2D eigenvalue weighted by molar-refractivity contribution is 0.0272. The zero-order valence-corrected chi connectivity index (χ0v) is 25.8. The smallest absolute Gasteiger partial charge is 0.255 e. The molecule has 2 aliphatic carbocycles. The summed E-state index contributed by atoms with van der Waals surface area (Å²) in [4.78, 5) is 19.9. The Balaban J connectivity index is 1.08. The highest BCUT2D eigenvalue weighted by Crippen LogP contribution is 2.48. The van der Waals surface area contributed by atoms with Gasteiger partial charge in [0.1, 0.15) is 5.82 Å². The third-order valence-corrected chi connectivity index (χ3v) is 9.06. The number of aryl methyl sites for hydroxylation is 1. The second-order valence-electron chi connectivity index (χ2n) is 13.1. The number of hydrogen-bond donors (Lipinski definition) is 2. The van der Waals surface area contributed by atoms with Gasteiger partial charge in [-0.05, 0) is 79.1 Å². The Morgan fingerprint density at radius 3 is 2.53 bits per heavy atom. The van der Waals surface area contributed by atoms with Gasteiger partial charge in [0.05, 0.1) is 30.5 Å². The summed E-state index contributed by atoms with van der Waals surface area (Å²) < 4.78 is 8.07. The Hall–Kier alpha value is -4.01. The molecule has 2 heterocycles. The molecule has 1 unspecified atom stereocenters. The highest BCUT2D eigenvalue weighted by atomic mass is 16.5. The first kappa shape index (κ1) is 29.1. The summed E-state index contributed by atoms with van der Waals surface area (Å²) in [5, 5.41) is 7.38. The molecule has 2 aliphatic rings. The minimum atomic E-state index is -0.227. The molecule has 0 radical (unpaired) electrons. The maximum atomic E-state index is 13.2. The van der Waals surface area contributed by atoms with Crippen LogP contribution < -0.4 is 11.1 Å². The minimum absolute atomic E-state index is 0.0518. The van der Waals surface area contributed by atoms with Gasteiger partial charge >= 0.3 is 0 Å². The van der Waals surface area contributed by atoms with Crippen LogP contribution >= 0.6 is 0 Å². The van der Waals surface area contributed by atoms with E-state index < -0.39 is 0 Å². The molecule has 43 heavy (non-hydrogen) atoms. The number of anilines is 1. The molecular weight excluding hydrogens is 536 g/mol. The number of hydrogen-bond acceptors (Lipinski definition) is 6. The molecule has 224 valence electrons. The molecule has 2 aromatic carbocycles. The number of nitrogens with one attached hydrogen (secondary N) is 1. The molecule has 8 heteroatoms. The number of aromatic nitrogens is 3. The maximum absolute atomic E-state index is 13.2. The average molecular weight is 579 g/mol. The minimum Gasteiger partial charge on any atom is -0.383 e. The van der Waals surface area contributed by atoms with Gasteiger partial charge in [0.15, 0.2) is 0 Å². The predicted octanol–water partition coefficient (Wildman–Crippen LogP) is 5.78. The summed E-state index contributed by atoms with van der Waals surface area (Å²) >= 11 is 0. The summed E-state index contributed by atoms with van der Waals surface area (Å²) in [6.45, 7) is 5.22. The van der Waals surface area contributed by atoms with E-state index in [0.29, 0.717) is 18.2 Å². The third-order valence-electron chi connectivity index (χ3n) is 9.06. The first-order valence-electron chi connectivity index (χ1n) is 15.1. The van der Waals surface area contributed by atoms with E-state index in [0.717, 1.165) is 42.4 Å². The maximum Gasteiger partial charge on any atom is 0.255 e. The molecular formula is C35H42N6O2. The van der Waals surface area contributed by atoms with Gasteiger partial charge < -0.3 is 20.7 Å². The van der Waals surface area contributed by atoms with E-state index >= 15 is 0 Å². The van der Waals surface area contributed by atoms with Crippen molar-refractivity contribution in [1.82, 2.24) is 25.0 Å². The molecule has 1 saturated carbocycles. The highest BCUT2D eigenvalue weighted by Gasteiger charge is 2.40. The fourth-order valence-electron chi connectivity index (χ4n) is 7.11. The molecule has 1 amide bonds. The molecule has 3 N–H and O–H groups in total. The lowest BCUT2D eigenvalue weighted by atomic mass is 9.85. The summed E-state index contributed by atoms with van der Waals surface area (Å²) in [6, 6.07) is 17.7. The van der Waals surface area contributed by atoms with Crippen LogP contribution in [-0.4, -0.2) is 51.8 Å². The lowest BCUT2D eigenvalue weighted by Crippen LogP contribution is -2.41. The number of nitrogens with zero attached hydrogens (tertiary/aromatic N) is 4. The first-order valence-corrected chi connectivity index (χ1v) is 15.1. The molecule has 2 aromatic heterocycles. The number of amides is 1. The number of ether oxygens (including phenoxy) is 1. The van der Waals surface area contributed by atoms with Gasteiger partial charge in [0, 0.05) is 36.6 Å². The zero-order valence-electron chi connectivity index (χ0n) is 25.8. The van der Waals surface area contributed by atoms with Gasteiger partial charge in [-0.2, -0.15) is 5.10 Å². The van der Waals surface area contributed by atoms with Gasteiger partial charge in [-0.15, -0.1) is 0 Å². The van der Waals surface area contributed by atoms with Crippen molar-refractivity contribution in [3.05, 3.63) is 89.4 Å². The number of fused-ring (bicyclic) bond motifs is 1. The average Bonchev–Trinajstić information content (AvgIpc) is 3.67. The number of rotatable bonds is 8. The fourth-order valence-corrected chi connectivity index (χ4v) is 7.11. The Labute approximate surface area is 254 Å². The van der Waals surface area contributed by atoms with Crippen molar-refractivity contribution >= 4 is 11.7 Å². The second-order valence-corrected chi connectivity index (χ2v) is 13.1. The topological polar surface area (TPSA) is 98.3 Å². The molecule has 4 aromatic rings. The van der Waals surface area contributed by atoms with Gasteiger partial charge in [-0.25, -0.2) is 4.98 Å². The van der Waals surface area contributed by atoms with Gasteiger partial charge in [0.25, 0.3) is 5.91 Å². The Morgan fingerprint density at radius 2 is 1.81 bits per heavy atom. The predicted molar refractivity (Wildman–Crippen MR) is 170 cm³/mol. The summed E-state index contributed by atoms with van der Waals surface area (Å²) in [5.41, 5.74) is 14.9. The van der Waals surface area contributed by atoms with Gasteiger partial charge in [0.2, 0.25) is 0 Å². The van der Waals surface area contributed by atoms with Crippen LogP contribution in [0.3, 0.4) is 0 Å². The van der Waals surface area contributed by atoms with Crippen LogP contribution in [0.25, 0.3) is 22.3 Å². The van der Waals surface area contributed by atoms with E-state index in [1.165, 1.54) is 22.3 Å². The van der Waals surface area contributed by atoms with Crippen molar-refractivity contribution in [3.8, 4) is 22.3 Å². The third kappa shape index (κ3) is 5.94. The van der Waals surface area contributed by atoms with Crippen LogP contribution in [0.1, 0.15) is 66.2 Å². The van der Waals surface area contributed by atoms with Gasteiger partial charge in [-0.3, -0.25) is 9.48 Å². The molecule has 0 saturated heterocycles. The van der Waals surface area contributed by atoms with Crippen LogP contribution in [-0.2, 0) is 24.8 Å². The van der Waals surface area contributed by atoms with Crippen molar-refractivity contribution in [2.24, 2.45) is 12.5 Å². The summed E-state index contributed by atoms with van der Waals surface area (Å²) in [5.74, 6) is -0.0134. The number of carbonyl (C=O) groups excluding carboxylic acids is 1. The monoisotopic (exact) mass is 578 g/mol. The summed E-state index contributed by atoms with van der Waals surface area (Å²) in [6.07, 6.45) is 9.11. The highest BCUT2D eigenvalue weighted by molar-refractivity contribution is 5.99. The van der Waals surface area contributed by atoms with E-state index in [1.54, 1.807) is 23.1 Å². The van der Waals surface area contributed by atoms with Crippen molar-refractivity contribution < 1.29 is 9.53 Å². The zero-order chi connectivity index (χ0) is 30.3. The van der Waals surface area contributed by atoms with E-state index in [4.69, 9.17) is 10.5 Å². The quantitative estimate of drug-likeness (QED) is 0.275. The van der Waals surface area contributed by atoms with Crippen LogP contribution in [0.4, 0.5) is 5.82 Å². The molecule has 3 atom stereocenters. The fraction of sp³-hybridized carbons (Fsp3) is 0.400. The van der Waals surface area contributed by atoms with Crippen LogP contribution in [0.2, 0.25) is 0 Å². The lowest BCUT2D eigenvalue weighted by Gasteiger charge is -2.33. The largest absolute Gasteiger partial charge is 0.383 e. The second kappa shape index (κ2) is 11.6. The van der Waals surface area contributed by atoms with Crippen LogP contribution in [0.5, 0.6) is 0 Å². The number of carbonyl (C=O) groups is 1. The van der Waals surface area contributed by atoms with Crippen LogP contribution in [0, 0.1) is 5.41 Å². The van der Waals surface area contributed by atoms with Crippen molar-refractivity contribution in [3.63, 3.8) is 0 Å². The van der Waals surface area contributed by atoms with Crippen LogP contribution in [0.15, 0.2) is 67.1 Å². The Kier molecular flexibility index (Phi) is 7.83. The van der Waals surface area contributed by atoms with Crippen molar-refractivity contribution in [2.45, 2.75) is 64.3 Å². The summed E-state index contributed by atoms with van der Waals surface area (Å²) in [7, 11) is 6.20. The molecule has 0 spiro atoms. The van der Waals surface area contributed by atoms with E-state index in [9.17, 15) is 4.79 Å². The normalized spacial score (nSPS) is 20.8. The molecule has 0 bridgehead atoms. The molecule has 0 aliphatic heterocycles. The number of pyridine rings is 1. The van der Waals surface area contributed by atoms with Crippen molar-refractivity contribution in [2.75, 3.05) is 19.8 Å². The van der Waals surface area contributed by atoms with E-state index in [1.807, 2.05) is 13.2 Å². The van der Waals surface area contributed by atoms with Gasteiger partial charge in [-0.1, -0.05) is 56.3 Å². The number of nitrogens with two attached hydrogens (primary N) is 1. The SMILES string of the molecule is CN(C)C1c2ccc(-c3ccc(CO[C@H]4CCC[C@@H]4NC(=O)c4cc(-c5cnn(C)c5)cnc4N)cc3)cc2CC1(C)C. The van der Waals surface area contributed by atoms with E-state index in [2.05, 4.69) is 90.7 Å². The number of nitrogen functional groups attached to an aromatic ring is 1. The standard InChI is InChI=1S/C35H42N6O2/c1-35(2)17-25-15-24(13-14-28(25)32(35)40(3)4)23-11-9-22(10-12-23)21-43-31-8-6-7-30(31)39-34(42)29-16-26(18-37-33(29)36)27-19-38-41(5)20-27/h9-16,18-20,30-32H,6-8,17,21H2,1-5H3,(H2,36,37)(H,39,42)/t30-,31-,32?/m0/s1. The molecule has 1 fully saturated rings. The van der Waals surface area contributed by atoms with Crippen molar-refractivity contribution in [1.29, 1.82) is 0 Å². The Bertz CT molecular complexity index is 1620. The Morgan fingerprint density at radius 1 is 1.05 bits per heavy atom.